The second-order valence-electron chi connectivity index (χ2n) is 5.50. The zero-order chi connectivity index (χ0) is 16.8. The lowest BCUT2D eigenvalue weighted by Gasteiger charge is -2.34. The van der Waals surface area contributed by atoms with Crippen LogP contribution < -0.4 is 10.5 Å². The van der Waals surface area contributed by atoms with Gasteiger partial charge in [-0.05, 0) is 40.5 Å². The maximum atomic E-state index is 12.2. The van der Waals surface area contributed by atoms with Crippen LogP contribution in [0.4, 0.5) is 0 Å². The molecule has 2 N–H and O–H groups in total. The van der Waals surface area contributed by atoms with Crippen molar-refractivity contribution >= 4 is 27.7 Å². The molecule has 0 aromatic heterocycles. The molecule has 0 saturated carbocycles. The maximum Gasteiger partial charge on any atom is 0.236 e. The molecule has 6 nitrogen and oxygen atoms in total. The van der Waals surface area contributed by atoms with E-state index in [-0.39, 0.29) is 18.4 Å². The first-order valence-corrected chi connectivity index (χ1v) is 8.45. The Hall–Kier alpha value is -1.60. The van der Waals surface area contributed by atoms with Gasteiger partial charge in [0.05, 0.1) is 24.0 Å². The smallest absolute Gasteiger partial charge is 0.236 e. The summed E-state index contributed by atoms with van der Waals surface area (Å²) in [5.74, 6) is 0.722. The molecule has 1 fully saturated rings. The third-order valence-electron chi connectivity index (χ3n) is 3.82. The second kappa shape index (κ2) is 8.31. The molecule has 2 amide bonds. The quantitative estimate of drug-likeness (QED) is 0.827. The fourth-order valence-corrected chi connectivity index (χ4v) is 3.07. The number of carbonyl (C=O) groups is 2. The minimum Gasteiger partial charge on any atom is -0.492 e. The number of hydrogen-bond acceptors (Lipinski definition) is 4. The van der Waals surface area contributed by atoms with Crippen molar-refractivity contribution in [1.29, 1.82) is 0 Å². The lowest BCUT2D eigenvalue weighted by atomic mass is 10.2. The molecule has 1 aromatic rings. The molecule has 0 bridgehead atoms. The van der Waals surface area contributed by atoms with Crippen LogP contribution >= 0.6 is 15.9 Å². The lowest BCUT2D eigenvalue weighted by Crippen LogP contribution is -2.52. The van der Waals surface area contributed by atoms with Crippen LogP contribution in [0.5, 0.6) is 5.75 Å². The van der Waals surface area contributed by atoms with Gasteiger partial charge in [-0.15, -0.1) is 0 Å². The van der Waals surface area contributed by atoms with E-state index in [1.807, 2.05) is 25.1 Å². The molecular weight excluding hydrogens is 362 g/mol. The zero-order valence-electron chi connectivity index (χ0n) is 13.3. The molecule has 1 saturated heterocycles. The number of carbonyl (C=O) groups excluding carboxylic acids is 2. The van der Waals surface area contributed by atoms with Crippen molar-refractivity contribution in [1.82, 2.24) is 9.80 Å². The molecule has 0 atom stereocenters. The summed E-state index contributed by atoms with van der Waals surface area (Å²) in [4.78, 5) is 27.2. The Balaban J connectivity index is 1.74. The zero-order valence-corrected chi connectivity index (χ0v) is 14.8. The molecule has 0 spiro atoms. The van der Waals surface area contributed by atoms with E-state index in [0.29, 0.717) is 39.2 Å². The summed E-state index contributed by atoms with van der Waals surface area (Å²) in [5.41, 5.74) is 6.49. The number of piperazine rings is 1. The Morgan fingerprint density at radius 2 is 1.78 bits per heavy atom. The van der Waals surface area contributed by atoms with Crippen LogP contribution in [0.15, 0.2) is 22.7 Å². The largest absolute Gasteiger partial charge is 0.492 e. The molecule has 0 unspecified atom stereocenters. The van der Waals surface area contributed by atoms with Gasteiger partial charge in [0.25, 0.3) is 0 Å². The van der Waals surface area contributed by atoms with Crippen molar-refractivity contribution in [2.45, 2.75) is 13.3 Å². The Labute approximate surface area is 144 Å². The van der Waals surface area contributed by atoms with E-state index in [2.05, 4.69) is 15.9 Å². The van der Waals surface area contributed by atoms with Crippen LogP contribution in [0.25, 0.3) is 0 Å². The average Bonchev–Trinajstić information content (AvgIpc) is 2.56. The highest BCUT2D eigenvalue weighted by atomic mass is 79.9. The Morgan fingerprint density at radius 1 is 1.17 bits per heavy atom. The minimum absolute atomic E-state index is 0.0210. The lowest BCUT2D eigenvalue weighted by molar-refractivity contribution is -0.139. The Morgan fingerprint density at radius 3 is 2.35 bits per heavy atom. The molecule has 1 heterocycles. The molecule has 23 heavy (non-hydrogen) atoms. The van der Waals surface area contributed by atoms with Crippen LogP contribution in [0.1, 0.15) is 12.0 Å². The molecule has 1 aromatic carbocycles. The van der Waals surface area contributed by atoms with E-state index in [9.17, 15) is 9.59 Å². The number of nitrogens with two attached hydrogens (primary N) is 1. The Kier molecular flexibility index (Phi) is 6.41. The summed E-state index contributed by atoms with van der Waals surface area (Å²) >= 11 is 3.45. The fourth-order valence-electron chi connectivity index (χ4n) is 2.46. The van der Waals surface area contributed by atoms with Crippen LogP contribution in [-0.2, 0) is 9.59 Å². The average molecular weight is 384 g/mol. The number of ether oxygens (including phenoxy) is 1. The molecule has 7 heteroatoms. The number of hydrogen-bond donors (Lipinski definition) is 1. The predicted molar refractivity (Wildman–Crippen MR) is 91.2 cm³/mol. The van der Waals surface area contributed by atoms with E-state index in [1.165, 1.54) is 0 Å². The van der Waals surface area contributed by atoms with Gasteiger partial charge in [0, 0.05) is 26.2 Å². The number of aryl methyl sites for hydroxylation is 1. The summed E-state index contributed by atoms with van der Waals surface area (Å²) in [6.45, 7) is 4.57. The summed E-state index contributed by atoms with van der Waals surface area (Å²) in [7, 11) is 0. The van der Waals surface area contributed by atoms with E-state index in [0.717, 1.165) is 15.8 Å². The fraction of sp³-hybridized carbons (Fsp3) is 0.500. The molecular formula is C16H22BrN3O3. The van der Waals surface area contributed by atoms with Gasteiger partial charge in [-0.1, -0.05) is 6.07 Å². The van der Waals surface area contributed by atoms with Gasteiger partial charge >= 0.3 is 0 Å². The van der Waals surface area contributed by atoms with E-state index in [1.54, 1.807) is 9.80 Å². The first kappa shape index (κ1) is 17.7. The predicted octanol–water partition coefficient (Wildman–Crippen LogP) is 1.16. The van der Waals surface area contributed by atoms with Gasteiger partial charge in [-0.25, -0.2) is 0 Å². The third-order valence-corrected chi connectivity index (χ3v) is 4.44. The number of rotatable bonds is 5. The molecule has 126 valence electrons. The number of benzene rings is 1. The standard InChI is InChI=1S/C16H22BrN3O3/c1-12-2-3-14(13(17)10-12)23-9-4-15(21)19-5-7-20(8-6-19)16(22)11-18/h2-3,10H,4-9,11,18H2,1H3. The van der Waals surface area contributed by atoms with Crippen molar-refractivity contribution in [2.24, 2.45) is 5.73 Å². The van der Waals surface area contributed by atoms with Gasteiger partial charge in [-0.3, -0.25) is 9.59 Å². The summed E-state index contributed by atoms with van der Waals surface area (Å²) in [6.07, 6.45) is 0.325. The molecule has 1 aliphatic rings. The maximum absolute atomic E-state index is 12.2. The summed E-state index contributed by atoms with van der Waals surface area (Å²) in [6, 6.07) is 5.83. The number of halogens is 1. The van der Waals surface area contributed by atoms with Gasteiger partial charge in [-0.2, -0.15) is 0 Å². The topological polar surface area (TPSA) is 75.9 Å². The first-order chi connectivity index (χ1) is 11.0. The minimum atomic E-state index is -0.0651. The van der Waals surface area contributed by atoms with Crippen molar-refractivity contribution in [3.8, 4) is 5.75 Å². The highest BCUT2D eigenvalue weighted by Gasteiger charge is 2.23. The van der Waals surface area contributed by atoms with Crippen LogP contribution in [-0.4, -0.2) is 60.9 Å². The second-order valence-corrected chi connectivity index (χ2v) is 6.35. The van der Waals surface area contributed by atoms with Gasteiger partial charge in [0.2, 0.25) is 11.8 Å². The first-order valence-electron chi connectivity index (χ1n) is 7.66. The Bertz CT molecular complexity index is 572. The van der Waals surface area contributed by atoms with Gasteiger partial charge < -0.3 is 20.3 Å². The molecule has 0 aliphatic carbocycles. The monoisotopic (exact) mass is 383 g/mol. The van der Waals surface area contributed by atoms with Gasteiger partial charge in [0.1, 0.15) is 5.75 Å². The van der Waals surface area contributed by atoms with E-state index < -0.39 is 0 Å². The number of nitrogens with zero attached hydrogens (tertiary/aromatic N) is 2. The normalized spacial score (nSPS) is 14.7. The van der Waals surface area contributed by atoms with E-state index in [4.69, 9.17) is 10.5 Å². The molecule has 0 radical (unpaired) electrons. The van der Waals surface area contributed by atoms with Crippen molar-refractivity contribution in [3.63, 3.8) is 0 Å². The van der Waals surface area contributed by atoms with E-state index >= 15 is 0 Å². The van der Waals surface area contributed by atoms with Crippen LogP contribution in [0.3, 0.4) is 0 Å². The third kappa shape index (κ3) is 4.94. The summed E-state index contributed by atoms with van der Waals surface area (Å²) < 4.78 is 6.54. The molecule has 2 rings (SSSR count). The van der Waals surface area contributed by atoms with Crippen LogP contribution in [0.2, 0.25) is 0 Å². The van der Waals surface area contributed by atoms with Gasteiger partial charge in [0.15, 0.2) is 0 Å². The van der Waals surface area contributed by atoms with Crippen molar-refractivity contribution in [3.05, 3.63) is 28.2 Å². The highest BCUT2D eigenvalue weighted by Crippen LogP contribution is 2.25. The van der Waals surface area contributed by atoms with Crippen molar-refractivity contribution < 1.29 is 14.3 Å². The van der Waals surface area contributed by atoms with Crippen LogP contribution in [0, 0.1) is 6.92 Å². The summed E-state index contributed by atoms with van der Waals surface area (Å²) in [5, 5.41) is 0. The SMILES string of the molecule is Cc1ccc(OCCC(=O)N2CCN(C(=O)CN)CC2)c(Br)c1. The molecule has 1 aliphatic heterocycles. The number of amides is 2. The highest BCUT2D eigenvalue weighted by molar-refractivity contribution is 9.10. The van der Waals surface area contributed by atoms with Crippen molar-refractivity contribution in [2.75, 3.05) is 39.3 Å².